The Balaban J connectivity index is 1.89. The lowest BCUT2D eigenvalue weighted by Gasteiger charge is -2.41. The van der Waals surface area contributed by atoms with Crippen LogP contribution in [0.3, 0.4) is 0 Å². The topological polar surface area (TPSA) is 61.9 Å². The average molecular weight is 564 g/mol. The van der Waals surface area contributed by atoms with Gasteiger partial charge >= 0.3 is 24.5 Å². The van der Waals surface area contributed by atoms with E-state index in [4.69, 9.17) is 4.74 Å². The summed E-state index contributed by atoms with van der Waals surface area (Å²) >= 11 is 0. The zero-order valence-corrected chi connectivity index (χ0v) is 21.4. The number of amides is 3. The van der Waals surface area contributed by atoms with Gasteiger partial charge < -0.3 is 19.9 Å². The van der Waals surface area contributed by atoms with E-state index in [1.807, 2.05) is 0 Å². The predicted molar refractivity (Wildman–Crippen MR) is 127 cm³/mol. The molecule has 0 bridgehead atoms. The van der Waals surface area contributed by atoms with Crippen LogP contribution >= 0.6 is 0 Å². The highest BCUT2D eigenvalue weighted by Gasteiger charge is 2.39. The highest BCUT2D eigenvalue weighted by molar-refractivity contribution is 5.75. The Labute approximate surface area is 220 Å². The highest BCUT2D eigenvalue weighted by atomic mass is 19.4. The van der Waals surface area contributed by atoms with E-state index in [1.54, 1.807) is 13.8 Å². The van der Waals surface area contributed by atoms with Crippen LogP contribution in [0.15, 0.2) is 36.4 Å². The molecule has 6 nitrogen and oxygen atoms in total. The molecule has 1 fully saturated rings. The van der Waals surface area contributed by atoms with Crippen LogP contribution in [0.2, 0.25) is 0 Å². The molecule has 1 N–H and O–H groups in total. The van der Waals surface area contributed by atoms with Crippen LogP contribution in [-0.2, 0) is 23.6 Å². The molecule has 0 aromatic heterocycles. The molecule has 2 atom stereocenters. The number of alkyl halides is 6. The summed E-state index contributed by atoms with van der Waals surface area (Å²) in [7, 11) is 1.27. The molecule has 13 heteroatoms. The maximum atomic E-state index is 13.8. The van der Waals surface area contributed by atoms with Crippen LogP contribution in [0.5, 0.6) is 0 Å². The first-order valence-electron chi connectivity index (χ1n) is 12.1. The summed E-state index contributed by atoms with van der Waals surface area (Å²) in [6.45, 7) is 3.24. The molecule has 214 valence electrons. The summed E-state index contributed by atoms with van der Waals surface area (Å²) in [6.07, 6.45) is -10.9. The summed E-state index contributed by atoms with van der Waals surface area (Å²) in [5.41, 5.74) is -2.21. The second-order valence-electron chi connectivity index (χ2n) is 9.34. The number of urea groups is 1. The van der Waals surface area contributed by atoms with Crippen molar-refractivity contribution in [3.63, 3.8) is 0 Å². The molecule has 1 heterocycles. The third kappa shape index (κ3) is 7.54. The van der Waals surface area contributed by atoms with E-state index >= 15 is 0 Å². The fraction of sp³-hybridized carbons (Fsp3) is 0.462. The van der Waals surface area contributed by atoms with Crippen molar-refractivity contribution in [3.8, 4) is 0 Å². The largest absolute Gasteiger partial charge is 0.446 e. The molecule has 3 rings (SSSR count). The standard InChI is InChI=1S/C26H28F7N3O3/c1-4-34-23(37)39-20-7-8-36(22(13-20)21-6-5-19(27)9-15(21)2)24(38)35(3)14-16-10-17(25(28,29)30)12-18(11-16)26(31,32)33/h5-6,9-12,20,22H,4,7-8,13-14H2,1-3H3,(H,34,37)/t20-,22+/m0/s1. The number of alkyl carbamates (subject to hydrolysis) is 1. The number of likely N-dealkylation sites (tertiary alicyclic amines) is 1. The molecular formula is C26H28F7N3O3. The quantitative estimate of drug-likeness (QED) is 0.413. The maximum absolute atomic E-state index is 13.8. The molecule has 0 unspecified atom stereocenters. The molecule has 0 aliphatic carbocycles. The molecular weight excluding hydrogens is 535 g/mol. The van der Waals surface area contributed by atoms with Crippen molar-refractivity contribution in [2.75, 3.05) is 20.1 Å². The second-order valence-corrected chi connectivity index (χ2v) is 9.34. The third-order valence-corrected chi connectivity index (χ3v) is 6.38. The summed E-state index contributed by atoms with van der Waals surface area (Å²) in [6, 6.07) is 3.80. The number of ether oxygens (including phenoxy) is 1. The lowest BCUT2D eigenvalue weighted by Crippen LogP contribution is -2.49. The third-order valence-electron chi connectivity index (χ3n) is 6.38. The van der Waals surface area contributed by atoms with E-state index in [-0.39, 0.29) is 31.0 Å². The SMILES string of the molecule is CCNC(=O)O[C@H]1CCN(C(=O)N(C)Cc2cc(C(F)(F)F)cc(C(F)(F)F)c2)[C@@H](c2ccc(F)cc2C)C1. The lowest BCUT2D eigenvalue weighted by molar-refractivity contribution is -0.143. The van der Waals surface area contributed by atoms with Gasteiger partial charge in [-0.15, -0.1) is 0 Å². The zero-order valence-electron chi connectivity index (χ0n) is 21.4. The van der Waals surface area contributed by atoms with E-state index in [1.165, 1.54) is 30.1 Å². The van der Waals surface area contributed by atoms with Gasteiger partial charge in [0.05, 0.1) is 17.2 Å². The van der Waals surface area contributed by atoms with Gasteiger partial charge in [0.2, 0.25) is 0 Å². The predicted octanol–water partition coefficient (Wildman–Crippen LogP) is 6.68. The van der Waals surface area contributed by atoms with Crippen molar-refractivity contribution in [1.29, 1.82) is 0 Å². The van der Waals surface area contributed by atoms with Crippen molar-refractivity contribution in [2.45, 2.75) is 57.7 Å². The lowest BCUT2D eigenvalue weighted by atomic mass is 9.90. The van der Waals surface area contributed by atoms with Crippen LogP contribution in [-0.4, -0.2) is 48.2 Å². The molecule has 0 radical (unpaired) electrons. The monoisotopic (exact) mass is 563 g/mol. The Bertz CT molecular complexity index is 1170. The summed E-state index contributed by atoms with van der Waals surface area (Å²) < 4.78 is 98.9. The number of benzene rings is 2. The fourth-order valence-corrected chi connectivity index (χ4v) is 4.59. The minimum absolute atomic E-state index is 0.0259. The van der Waals surface area contributed by atoms with E-state index in [2.05, 4.69) is 5.32 Å². The van der Waals surface area contributed by atoms with Crippen LogP contribution < -0.4 is 5.32 Å². The number of nitrogens with one attached hydrogen (secondary N) is 1. The van der Waals surface area contributed by atoms with Crippen molar-refractivity contribution in [3.05, 3.63) is 70.0 Å². The van der Waals surface area contributed by atoms with E-state index in [0.29, 0.717) is 29.8 Å². The molecule has 3 amide bonds. The maximum Gasteiger partial charge on any atom is 0.416 e. The fourth-order valence-electron chi connectivity index (χ4n) is 4.59. The minimum atomic E-state index is -5.02. The van der Waals surface area contributed by atoms with E-state index in [0.717, 1.165) is 4.90 Å². The van der Waals surface area contributed by atoms with E-state index in [9.17, 15) is 40.3 Å². The first-order valence-corrected chi connectivity index (χ1v) is 12.1. The summed E-state index contributed by atoms with van der Waals surface area (Å²) in [5.74, 6) is -0.498. The van der Waals surface area contributed by atoms with E-state index < -0.39 is 60.1 Å². The molecule has 39 heavy (non-hydrogen) atoms. The molecule has 2 aromatic carbocycles. The Morgan fingerprint density at radius 2 is 1.67 bits per heavy atom. The number of carbonyl (C=O) groups excluding carboxylic acids is 2. The zero-order chi connectivity index (χ0) is 29.1. The molecule has 1 aliphatic rings. The van der Waals surface area contributed by atoms with Gasteiger partial charge in [-0.2, -0.15) is 26.3 Å². The number of halogens is 7. The Morgan fingerprint density at radius 1 is 1.05 bits per heavy atom. The van der Waals surface area contributed by atoms with Crippen LogP contribution in [0.4, 0.5) is 40.3 Å². The smallest absolute Gasteiger partial charge is 0.416 e. The van der Waals surface area contributed by atoms with Gasteiger partial charge in [0, 0.05) is 39.5 Å². The Morgan fingerprint density at radius 3 is 2.21 bits per heavy atom. The highest BCUT2D eigenvalue weighted by Crippen LogP contribution is 2.38. The normalized spacial score (nSPS) is 18.1. The van der Waals surface area contributed by atoms with Gasteiger partial charge in [0.1, 0.15) is 11.9 Å². The number of piperidine rings is 1. The van der Waals surface area contributed by atoms with Crippen LogP contribution in [0.25, 0.3) is 0 Å². The molecule has 1 aliphatic heterocycles. The number of carbonyl (C=O) groups is 2. The summed E-state index contributed by atoms with van der Waals surface area (Å²) in [4.78, 5) is 27.8. The molecule has 0 saturated carbocycles. The van der Waals surface area contributed by atoms with Gasteiger partial charge in [0.25, 0.3) is 0 Å². The first kappa shape index (κ1) is 30.0. The van der Waals surface area contributed by atoms with Gasteiger partial charge in [-0.1, -0.05) is 6.07 Å². The van der Waals surface area contributed by atoms with Crippen molar-refractivity contribution in [1.82, 2.24) is 15.1 Å². The molecule has 2 aromatic rings. The second kappa shape index (κ2) is 11.7. The molecule has 0 spiro atoms. The average Bonchev–Trinajstić information content (AvgIpc) is 2.82. The minimum Gasteiger partial charge on any atom is -0.446 e. The van der Waals surface area contributed by atoms with Gasteiger partial charge in [0.15, 0.2) is 0 Å². The van der Waals surface area contributed by atoms with Gasteiger partial charge in [-0.05, 0) is 60.9 Å². The Hall–Kier alpha value is -3.51. The van der Waals surface area contributed by atoms with Crippen molar-refractivity contribution in [2.24, 2.45) is 0 Å². The number of hydrogen-bond acceptors (Lipinski definition) is 3. The van der Waals surface area contributed by atoms with Crippen LogP contribution in [0.1, 0.15) is 53.6 Å². The number of nitrogens with zero attached hydrogens (tertiary/aromatic N) is 2. The van der Waals surface area contributed by atoms with Crippen LogP contribution in [0, 0.1) is 12.7 Å². The summed E-state index contributed by atoms with van der Waals surface area (Å²) in [5, 5.41) is 2.52. The molecule has 1 saturated heterocycles. The van der Waals surface area contributed by atoms with Crippen molar-refractivity contribution < 1.29 is 45.1 Å². The number of hydrogen-bond donors (Lipinski definition) is 1. The van der Waals surface area contributed by atoms with Gasteiger partial charge in [-0.25, -0.2) is 14.0 Å². The first-order chi connectivity index (χ1) is 18.1. The van der Waals surface area contributed by atoms with Gasteiger partial charge in [-0.3, -0.25) is 0 Å². The Kier molecular flexibility index (Phi) is 9.01. The van der Waals surface area contributed by atoms with Crippen molar-refractivity contribution >= 4 is 12.1 Å². The number of aryl methyl sites for hydroxylation is 1. The number of rotatable bonds is 5.